The molecule has 1 fully saturated rings. The van der Waals surface area contributed by atoms with Crippen molar-refractivity contribution in [2.24, 2.45) is 0 Å². The van der Waals surface area contributed by atoms with Gasteiger partial charge >= 0.3 is 5.97 Å². The highest BCUT2D eigenvalue weighted by Crippen LogP contribution is 2.20. The molecule has 0 radical (unpaired) electrons. The summed E-state index contributed by atoms with van der Waals surface area (Å²) in [5.74, 6) is 0.0189. The number of hydrogen-bond donors (Lipinski definition) is 0. The average molecular weight is 402 g/mol. The van der Waals surface area contributed by atoms with Crippen molar-refractivity contribution < 1.29 is 27.4 Å². The van der Waals surface area contributed by atoms with Gasteiger partial charge in [-0.05, 0) is 48.5 Å². The van der Waals surface area contributed by atoms with Gasteiger partial charge in [0.1, 0.15) is 11.5 Å². The number of carbonyl (C=O) groups is 1. The van der Waals surface area contributed by atoms with E-state index in [4.69, 9.17) is 19.5 Å². The van der Waals surface area contributed by atoms with Gasteiger partial charge in [-0.3, -0.25) is 0 Å². The molecule has 1 aliphatic heterocycles. The van der Waals surface area contributed by atoms with Crippen LogP contribution in [0.5, 0.6) is 11.5 Å². The molecule has 9 heteroatoms. The Morgan fingerprint density at radius 2 is 1.64 bits per heavy atom. The van der Waals surface area contributed by atoms with E-state index in [1.54, 1.807) is 24.3 Å². The van der Waals surface area contributed by atoms with Crippen LogP contribution >= 0.6 is 0 Å². The van der Waals surface area contributed by atoms with Crippen LogP contribution in [0.4, 0.5) is 0 Å². The zero-order valence-corrected chi connectivity index (χ0v) is 15.7. The second-order valence-electron chi connectivity index (χ2n) is 5.89. The van der Waals surface area contributed by atoms with Crippen molar-refractivity contribution in [3.8, 4) is 17.6 Å². The van der Waals surface area contributed by atoms with Gasteiger partial charge in [0.15, 0.2) is 6.61 Å². The van der Waals surface area contributed by atoms with Crippen molar-refractivity contribution in [3.05, 3.63) is 54.1 Å². The Bertz CT molecular complexity index is 959. The highest BCUT2D eigenvalue weighted by atomic mass is 32.2. The lowest BCUT2D eigenvalue weighted by molar-refractivity contribution is -0.136. The first-order valence-electron chi connectivity index (χ1n) is 8.50. The first-order valence-corrected chi connectivity index (χ1v) is 9.94. The van der Waals surface area contributed by atoms with Gasteiger partial charge in [-0.1, -0.05) is 0 Å². The third-order valence-corrected chi connectivity index (χ3v) is 5.92. The number of benzene rings is 2. The second-order valence-corrected chi connectivity index (χ2v) is 7.82. The third kappa shape index (κ3) is 4.86. The van der Waals surface area contributed by atoms with Gasteiger partial charge in [0.05, 0.1) is 29.7 Å². The minimum atomic E-state index is -3.59. The van der Waals surface area contributed by atoms with E-state index in [0.29, 0.717) is 37.6 Å². The van der Waals surface area contributed by atoms with E-state index in [0.717, 1.165) is 0 Å². The number of morpholine rings is 1. The topological polar surface area (TPSA) is 106 Å². The van der Waals surface area contributed by atoms with Gasteiger partial charge in [0, 0.05) is 13.1 Å². The molecule has 1 saturated heterocycles. The number of rotatable bonds is 6. The molecule has 0 aromatic heterocycles. The molecule has 0 amide bonds. The number of hydrogen-bond acceptors (Lipinski definition) is 7. The van der Waals surface area contributed by atoms with Crippen LogP contribution in [-0.2, 0) is 19.6 Å². The highest BCUT2D eigenvalue weighted by Gasteiger charge is 2.26. The number of carbonyl (C=O) groups excluding carboxylic acids is 1. The Morgan fingerprint density at radius 3 is 2.25 bits per heavy atom. The molecule has 1 aliphatic rings. The summed E-state index contributed by atoms with van der Waals surface area (Å²) in [5.41, 5.74) is 0.488. The summed E-state index contributed by atoms with van der Waals surface area (Å²) < 4.78 is 42.1. The summed E-state index contributed by atoms with van der Waals surface area (Å²) in [5, 5.41) is 8.74. The molecule has 0 N–H and O–H groups in total. The molecule has 0 spiro atoms. The molecule has 2 aromatic rings. The predicted octanol–water partition coefficient (Wildman–Crippen LogP) is 1.56. The zero-order chi connectivity index (χ0) is 20.0. The highest BCUT2D eigenvalue weighted by molar-refractivity contribution is 7.89. The van der Waals surface area contributed by atoms with E-state index in [1.165, 1.54) is 28.6 Å². The normalized spacial score (nSPS) is 14.8. The fraction of sp³-hybridized carbons (Fsp3) is 0.263. The maximum atomic E-state index is 12.5. The Balaban J connectivity index is 1.56. The lowest BCUT2D eigenvalue weighted by Gasteiger charge is -2.26. The van der Waals surface area contributed by atoms with Crippen LogP contribution < -0.4 is 9.47 Å². The van der Waals surface area contributed by atoms with Crippen molar-refractivity contribution in [1.82, 2.24) is 4.31 Å². The van der Waals surface area contributed by atoms with Crippen LogP contribution in [0.25, 0.3) is 0 Å². The molecular formula is C19H18N2O6S. The summed E-state index contributed by atoms with van der Waals surface area (Å²) in [6.07, 6.45) is 0. The number of ether oxygens (including phenoxy) is 3. The maximum absolute atomic E-state index is 12.5. The molecule has 8 nitrogen and oxygen atoms in total. The molecule has 0 saturated carbocycles. The van der Waals surface area contributed by atoms with Crippen LogP contribution in [0, 0.1) is 11.3 Å². The minimum absolute atomic E-state index is 0.128. The number of nitriles is 1. The van der Waals surface area contributed by atoms with Crippen molar-refractivity contribution in [2.75, 3.05) is 32.9 Å². The van der Waals surface area contributed by atoms with Gasteiger partial charge in [0.2, 0.25) is 10.0 Å². The Kier molecular flexibility index (Phi) is 6.26. The fourth-order valence-corrected chi connectivity index (χ4v) is 3.95. The first-order chi connectivity index (χ1) is 13.5. The van der Waals surface area contributed by atoms with E-state index in [9.17, 15) is 13.2 Å². The van der Waals surface area contributed by atoms with E-state index in [1.807, 2.05) is 6.07 Å². The summed E-state index contributed by atoms with van der Waals surface area (Å²) in [4.78, 5) is 12.0. The van der Waals surface area contributed by atoms with Crippen LogP contribution in [-0.4, -0.2) is 51.6 Å². The largest absolute Gasteiger partial charge is 0.482 e. The van der Waals surface area contributed by atoms with Gasteiger partial charge < -0.3 is 14.2 Å². The van der Waals surface area contributed by atoms with Gasteiger partial charge in [-0.25, -0.2) is 13.2 Å². The fourth-order valence-electron chi connectivity index (χ4n) is 2.54. The molecule has 0 aliphatic carbocycles. The lowest BCUT2D eigenvalue weighted by Crippen LogP contribution is -2.40. The molecule has 0 unspecified atom stereocenters. The number of nitrogens with zero attached hydrogens (tertiary/aromatic N) is 2. The molecule has 2 aromatic carbocycles. The van der Waals surface area contributed by atoms with E-state index in [-0.39, 0.29) is 17.3 Å². The smallest absolute Gasteiger partial charge is 0.349 e. The number of sulfonamides is 1. The molecule has 146 valence electrons. The molecule has 0 atom stereocenters. The van der Waals surface area contributed by atoms with Crippen molar-refractivity contribution in [1.29, 1.82) is 5.26 Å². The molecule has 28 heavy (non-hydrogen) atoms. The van der Waals surface area contributed by atoms with E-state index >= 15 is 0 Å². The van der Waals surface area contributed by atoms with E-state index in [2.05, 4.69) is 0 Å². The summed E-state index contributed by atoms with van der Waals surface area (Å²) in [6, 6.07) is 13.9. The second kappa shape index (κ2) is 8.84. The van der Waals surface area contributed by atoms with Gasteiger partial charge in [0.25, 0.3) is 0 Å². The van der Waals surface area contributed by atoms with Gasteiger partial charge in [-0.2, -0.15) is 9.57 Å². The van der Waals surface area contributed by atoms with Gasteiger partial charge in [-0.15, -0.1) is 0 Å². The molecule has 1 heterocycles. The maximum Gasteiger partial charge on any atom is 0.349 e. The first kappa shape index (κ1) is 19.8. The van der Waals surface area contributed by atoms with E-state index < -0.39 is 16.0 Å². The lowest BCUT2D eigenvalue weighted by atomic mass is 10.2. The average Bonchev–Trinajstić information content (AvgIpc) is 2.73. The van der Waals surface area contributed by atoms with Crippen LogP contribution in [0.15, 0.2) is 53.4 Å². The third-order valence-electron chi connectivity index (χ3n) is 4.00. The molecular weight excluding hydrogens is 384 g/mol. The van der Waals surface area contributed by atoms with Crippen LogP contribution in [0.1, 0.15) is 5.56 Å². The summed E-state index contributed by atoms with van der Waals surface area (Å²) in [7, 11) is -3.59. The number of esters is 1. The summed E-state index contributed by atoms with van der Waals surface area (Å²) in [6.45, 7) is 1.04. The SMILES string of the molecule is N#Cc1ccc(OCC(=O)Oc2ccc(S(=O)(=O)N3CCOCC3)cc2)cc1. The Hall–Kier alpha value is -2.93. The Morgan fingerprint density at radius 1 is 1.04 bits per heavy atom. The van der Waals surface area contributed by atoms with Crippen LogP contribution in [0.2, 0.25) is 0 Å². The van der Waals surface area contributed by atoms with Crippen LogP contribution in [0.3, 0.4) is 0 Å². The van der Waals surface area contributed by atoms with Crippen molar-refractivity contribution in [2.45, 2.75) is 4.90 Å². The summed E-state index contributed by atoms with van der Waals surface area (Å²) >= 11 is 0. The molecule has 3 rings (SSSR count). The minimum Gasteiger partial charge on any atom is -0.482 e. The standard InChI is InChI=1S/C19H18N2O6S/c20-13-15-1-3-16(4-2-15)26-14-19(22)27-17-5-7-18(8-6-17)28(23,24)21-9-11-25-12-10-21/h1-8H,9-12,14H2. The predicted molar refractivity (Wildman–Crippen MR) is 98.3 cm³/mol. The van der Waals surface area contributed by atoms with Crippen molar-refractivity contribution >= 4 is 16.0 Å². The Labute approximate surface area is 162 Å². The zero-order valence-electron chi connectivity index (χ0n) is 14.9. The van der Waals surface area contributed by atoms with Crippen molar-refractivity contribution in [3.63, 3.8) is 0 Å². The monoisotopic (exact) mass is 402 g/mol. The quantitative estimate of drug-likeness (QED) is 0.533. The molecule has 0 bridgehead atoms.